The molecular formula is C13H9ClF4N4O3S. The number of ether oxygens (including phenoxy) is 1. The zero-order chi connectivity index (χ0) is 20.0. The first-order valence-electron chi connectivity index (χ1n) is 6.49. The van der Waals surface area contributed by atoms with Crippen LogP contribution >= 0.6 is 23.8 Å². The van der Waals surface area contributed by atoms with Crippen molar-refractivity contribution >= 4 is 28.8 Å². The van der Waals surface area contributed by atoms with E-state index >= 15 is 0 Å². The Labute approximate surface area is 152 Å². The molecule has 1 aromatic carbocycles. The summed E-state index contributed by atoms with van der Waals surface area (Å²) in [6.45, 7) is 0. The van der Waals surface area contributed by atoms with Gasteiger partial charge < -0.3 is 16.3 Å². The van der Waals surface area contributed by atoms with E-state index in [9.17, 15) is 27.2 Å². The molecule has 0 aliphatic carbocycles. The predicted octanol–water partition coefficient (Wildman–Crippen LogP) is 1.17. The molecule has 0 aliphatic rings. The molecule has 0 spiro atoms. The van der Waals surface area contributed by atoms with Gasteiger partial charge in [0.05, 0.1) is 18.4 Å². The maximum atomic E-state index is 14.4. The van der Waals surface area contributed by atoms with E-state index in [1.165, 1.54) is 7.11 Å². The highest BCUT2D eigenvalue weighted by Crippen LogP contribution is 2.32. The monoisotopic (exact) mass is 412 g/mol. The highest BCUT2D eigenvalue weighted by molar-refractivity contribution is 7.80. The van der Waals surface area contributed by atoms with Gasteiger partial charge in [0.1, 0.15) is 21.6 Å². The Balaban J connectivity index is 2.94. The summed E-state index contributed by atoms with van der Waals surface area (Å²) >= 11 is 10.1. The molecule has 2 rings (SSSR count). The van der Waals surface area contributed by atoms with Crippen LogP contribution in [0.1, 0.15) is 11.3 Å². The van der Waals surface area contributed by atoms with Crippen LogP contribution in [0.3, 0.4) is 0 Å². The summed E-state index contributed by atoms with van der Waals surface area (Å²) in [5.74, 6) is 3.80. The van der Waals surface area contributed by atoms with Gasteiger partial charge in [0.25, 0.3) is 5.56 Å². The lowest BCUT2D eigenvalue weighted by Crippen LogP contribution is -2.46. The SMILES string of the molecule is COc1cc(-n2c(=O)c(Cl)c(C(F)(F)F)n(N)c2=O)c(F)cc1C(N)=S. The van der Waals surface area contributed by atoms with Crippen LogP contribution in [0.5, 0.6) is 5.75 Å². The maximum Gasteiger partial charge on any atom is 0.435 e. The number of nitrogens with two attached hydrogens (primary N) is 2. The number of hydrogen-bond donors (Lipinski definition) is 2. The molecular weight excluding hydrogens is 404 g/mol. The average Bonchev–Trinajstić information content (AvgIpc) is 2.53. The molecule has 2 aromatic rings. The summed E-state index contributed by atoms with van der Waals surface area (Å²) in [6.07, 6.45) is -5.19. The molecule has 0 aliphatic heterocycles. The third-order valence-electron chi connectivity index (χ3n) is 3.28. The van der Waals surface area contributed by atoms with Gasteiger partial charge in [-0.05, 0) is 6.07 Å². The lowest BCUT2D eigenvalue weighted by molar-refractivity contribution is -0.143. The molecule has 7 nitrogen and oxygen atoms in total. The number of aromatic nitrogens is 2. The van der Waals surface area contributed by atoms with Crippen LogP contribution in [0.4, 0.5) is 17.6 Å². The van der Waals surface area contributed by atoms with Crippen molar-refractivity contribution in [1.82, 2.24) is 9.24 Å². The molecule has 0 saturated carbocycles. The van der Waals surface area contributed by atoms with E-state index in [0.29, 0.717) is 0 Å². The van der Waals surface area contributed by atoms with Crippen LogP contribution in [-0.2, 0) is 6.18 Å². The number of alkyl halides is 3. The van der Waals surface area contributed by atoms with Crippen LogP contribution in [-0.4, -0.2) is 21.3 Å². The standard InChI is InChI=1S/C13H9ClF4N4O3S/c1-25-7-3-6(5(15)2-4(7)10(19)26)21-11(23)8(14)9(13(16,17)18)22(20)12(21)24/h2-3H,20H2,1H3,(H2,19,26). The second kappa shape index (κ2) is 6.61. The lowest BCUT2D eigenvalue weighted by Gasteiger charge is -2.16. The van der Waals surface area contributed by atoms with Crippen LogP contribution in [0.25, 0.3) is 5.69 Å². The molecule has 0 bridgehead atoms. The minimum Gasteiger partial charge on any atom is -0.496 e. The molecule has 0 fully saturated rings. The molecule has 140 valence electrons. The second-order valence-electron chi connectivity index (χ2n) is 4.82. The number of halogens is 5. The molecule has 1 aromatic heterocycles. The van der Waals surface area contributed by atoms with Crippen molar-refractivity contribution in [3.63, 3.8) is 0 Å². The van der Waals surface area contributed by atoms with Crippen molar-refractivity contribution in [3.8, 4) is 11.4 Å². The van der Waals surface area contributed by atoms with Gasteiger partial charge in [-0.15, -0.1) is 0 Å². The number of nitrogens with zero attached hydrogens (tertiary/aromatic N) is 2. The van der Waals surface area contributed by atoms with Crippen molar-refractivity contribution in [3.05, 3.63) is 55.1 Å². The topological polar surface area (TPSA) is 105 Å². The quantitative estimate of drug-likeness (QED) is 0.445. The van der Waals surface area contributed by atoms with E-state index in [1.54, 1.807) is 0 Å². The number of methoxy groups -OCH3 is 1. The Morgan fingerprint density at radius 1 is 1.31 bits per heavy atom. The van der Waals surface area contributed by atoms with Gasteiger partial charge in [-0.1, -0.05) is 23.8 Å². The Morgan fingerprint density at radius 2 is 1.88 bits per heavy atom. The summed E-state index contributed by atoms with van der Waals surface area (Å²) in [7, 11) is 1.17. The predicted molar refractivity (Wildman–Crippen MR) is 88.9 cm³/mol. The van der Waals surface area contributed by atoms with E-state index in [4.69, 9.17) is 40.1 Å². The van der Waals surface area contributed by atoms with E-state index in [0.717, 1.165) is 12.1 Å². The van der Waals surface area contributed by atoms with Gasteiger partial charge in [-0.25, -0.2) is 18.4 Å². The van der Waals surface area contributed by atoms with Gasteiger partial charge in [-0.3, -0.25) is 4.79 Å². The summed E-state index contributed by atoms with van der Waals surface area (Å²) in [4.78, 5) is 24.1. The molecule has 1 heterocycles. The minimum absolute atomic E-state index is 0.0404. The third-order valence-corrected chi connectivity index (χ3v) is 3.84. The highest BCUT2D eigenvalue weighted by Gasteiger charge is 2.39. The Hall–Kier alpha value is -2.60. The largest absolute Gasteiger partial charge is 0.496 e. The molecule has 0 atom stereocenters. The smallest absolute Gasteiger partial charge is 0.435 e. The molecule has 4 N–H and O–H groups in total. The fourth-order valence-electron chi connectivity index (χ4n) is 2.14. The average molecular weight is 413 g/mol. The van der Waals surface area contributed by atoms with Crippen LogP contribution in [0, 0.1) is 5.82 Å². The summed E-state index contributed by atoms with van der Waals surface area (Å²) in [5, 5.41) is -1.41. The lowest BCUT2D eigenvalue weighted by atomic mass is 10.1. The zero-order valence-corrected chi connectivity index (χ0v) is 14.3. The van der Waals surface area contributed by atoms with E-state index in [1.807, 2.05) is 0 Å². The van der Waals surface area contributed by atoms with E-state index < -0.39 is 44.3 Å². The summed E-state index contributed by atoms with van der Waals surface area (Å²) in [5.41, 5.74) is -0.539. The summed E-state index contributed by atoms with van der Waals surface area (Å²) < 4.78 is 57.8. The first-order valence-corrected chi connectivity index (χ1v) is 7.28. The van der Waals surface area contributed by atoms with Crippen molar-refractivity contribution in [1.29, 1.82) is 0 Å². The van der Waals surface area contributed by atoms with Gasteiger partial charge >= 0.3 is 11.9 Å². The number of benzene rings is 1. The van der Waals surface area contributed by atoms with Gasteiger partial charge in [0.15, 0.2) is 5.69 Å². The van der Waals surface area contributed by atoms with Gasteiger partial charge in [0.2, 0.25) is 0 Å². The van der Waals surface area contributed by atoms with E-state index in [2.05, 4.69) is 0 Å². The molecule has 13 heteroatoms. The molecule has 26 heavy (non-hydrogen) atoms. The fraction of sp³-hybridized carbons (Fsp3) is 0.154. The number of nitrogen functional groups attached to an aromatic ring is 1. The molecule has 0 radical (unpaired) electrons. The first kappa shape index (κ1) is 19.7. The van der Waals surface area contributed by atoms with Crippen molar-refractivity contribution in [2.75, 3.05) is 13.0 Å². The Kier molecular flexibility index (Phi) is 5.01. The van der Waals surface area contributed by atoms with Crippen molar-refractivity contribution in [2.24, 2.45) is 5.73 Å². The van der Waals surface area contributed by atoms with Crippen LogP contribution < -0.4 is 27.6 Å². The molecule has 0 saturated heterocycles. The van der Waals surface area contributed by atoms with Gasteiger partial charge in [-0.2, -0.15) is 13.2 Å². The third kappa shape index (κ3) is 3.12. The van der Waals surface area contributed by atoms with Crippen molar-refractivity contribution in [2.45, 2.75) is 6.18 Å². The number of thiocarbonyl (C=S) groups is 1. The zero-order valence-electron chi connectivity index (χ0n) is 12.7. The van der Waals surface area contributed by atoms with E-state index in [-0.39, 0.29) is 20.9 Å². The Bertz CT molecular complexity index is 995. The number of hydrogen-bond acceptors (Lipinski definition) is 5. The fourth-order valence-corrected chi connectivity index (χ4v) is 2.59. The molecule has 0 amide bonds. The van der Waals surface area contributed by atoms with Crippen LogP contribution in [0.15, 0.2) is 21.7 Å². The first-order chi connectivity index (χ1) is 11.9. The highest BCUT2D eigenvalue weighted by atomic mass is 35.5. The second-order valence-corrected chi connectivity index (χ2v) is 5.64. The maximum absolute atomic E-state index is 14.4. The summed E-state index contributed by atoms with van der Waals surface area (Å²) in [6, 6.07) is 1.62. The van der Waals surface area contributed by atoms with Crippen molar-refractivity contribution < 1.29 is 22.3 Å². The van der Waals surface area contributed by atoms with Crippen LogP contribution in [0.2, 0.25) is 5.02 Å². The van der Waals surface area contributed by atoms with Gasteiger partial charge in [0, 0.05) is 6.07 Å². The molecule has 0 unspecified atom stereocenters. The Morgan fingerprint density at radius 3 is 2.35 bits per heavy atom. The minimum atomic E-state index is -5.19. The number of rotatable bonds is 3. The normalized spacial score (nSPS) is 11.5.